The van der Waals surface area contributed by atoms with Gasteiger partial charge in [-0.2, -0.15) is 0 Å². The van der Waals surface area contributed by atoms with Crippen molar-refractivity contribution in [2.24, 2.45) is 0 Å². The summed E-state index contributed by atoms with van der Waals surface area (Å²) < 4.78 is 0. The molecule has 1 N–H and O–H groups in total. The molecule has 1 heterocycles. The molecule has 0 aromatic heterocycles. The second-order valence-electron chi connectivity index (χ2n) is 5.38. The molecular formula is C13H25N3O. The lowest BCUT2D eigenvalue weighted by atomic mass is 9.93. The Kier molecular flexibility index (Phi) is 4.40. The number of amides is 1. The van der Waals surface area contributed by atoms with Crippen molar-refractivity contribution >= 4 is 5.91 Å². The van der Waals surface area contributed by atoms with E-state index in [1.165, 1.54) is 32.1 Å². The van der Waals surface area contributed by atoms with E-state index in [4.69, 9.17) is 0 Å². The molecule has 1 aliphatic heterocycles. The molecule has 1 saturated heterocycles. The normalized spacial score (nSPS) is 28.7. The summed E-state index contributed by atoms with van der Waals surface area (Å²) in [5.74, 6) is 0.333. The molecule has 2 rings (SSSR count). The first-order chi connectivity index (χ1) is 8.24. The lowest BCUT2D eigenvalue weighted by Gasteiger charge is -2.43. The number of carbonyl (C=O) groups excluding carboxylic acids is 1. The first kappa shape index (κ1) is 12.8. The van der Waals surface area contributed by atoms with E-state index in [1.807, 2.05) is 7.05 Å². The second-order valence-corrected chi connectivity index (χ2v) is 5.38. The molecular weight excluding hydrogens is 214 g/mol. The summed E-state index contributed by atoms with van der Waals surface area (Å²) in [6.45, 7) is 2.69. The average molecular weight is 239 g/mol. The van der Waals surface area contributed by atoms with E-state index in [0.717, 1.165) is 19.6 Å². The van der Waals surface area contributed by atoms with Crippen LogP contribution in [-0.4, -0.2) is 61.5 Å². The van der Waals surface area contributed by atoms with Crippen LogP contribution < -0.4 is 5.32 Å². The fraction of sp³-hybridized carbons (Fsp3) is 0.923. The van der Waals surface area contributed by atoms with Crippen molar-refractivity contribution in [2.45, 2.75) is 44.2 Å². The predicted molar refractivity (Wildman–Crippen MR) is 68.9 cm³/mol. The van der Waals surface area contributed by atoms with Gasteiger partial charge in [-0.3, -0.25) is 9.69 Å². The third-order valence-electron chi connectivity index (χ3n) is 4.21. The Bertz CT molecular complexity index is 263. The van der Waals surface area contributed by atoms with Gasteiger partial charge >= 0.3 is 0 Å². The van der Waals surface area contributed by atoms with Gasteiger partial charge in [0.2, 0.25) is 5.91 Å². The number of hydrogen-bond acceptors (Lipinski definition) is 3. The molecule has 0 spiro atoms. The van der Waals surface area contributed by atoms with E-state index in [1.54, 1.807) is 0 Å². The van der Waals surface area contributed by atoms with Crippen LogP contribution in [-0.2, 0) is 4.79 Å². The molecule has 0 aromatic carbocycles. The quantitative estimate of drug-likeness (QED) is 0.787. The average Bonchev–Trinajstić information content (AvgIpc) is 2.36. The summed E-state index contributed by atoms with van der Waals surface area (Å²) in [4.78, 5) is 16.8. The number of nitrogens with one attached hydrogen (secondary N) is 1. The molecule has 0 bridgehead atoms. The molecule has 2 fully saturated rings. The molecule has 0 radical (unpaired) electrons. The van der Waals surface area contributed by atoms with Crippen LogP contribution in [0.5, 0.6) is 0 Å². The fourth-order valence-corrected chi connectivity index (χ4v) is 3.10. The third-order valence-corrected chi connectivity index (χ3v) is 4.21. The Hall–Kier alpha value is -0.610. The molecule has 1 aliphatic carbocycles. The number of piperazine rings is 1. The van der Waals surface area contributed by atoms with Crippen molar-refractivity contribution in [3.05, 3.63) is 0 Å². The van der Waals surface area contributed by atoms with Gasteiger partial charge in [0.1, 0.15) is 6.04 Å². The van der Waals surface area contributed by atoms with Gasteiger partial charge in [-0.15, -0.1) is 0 Å². The maximum absolute atomic E-state index is 12.5. The zero-order valence-electron chi connectivity index (χ0n) is 11.1. The highest BCUT2D eigenvalue weighted by Crippen LogP contribution is 2.25. The minimum atomic E-state index is 0.0377. The van der Waals surface area contributed by atoms with Gasteiger partial charge in [-0.1, -0.05) is 19.3 Å². The summed E-state index contributed by atoms with van der Waals surface area (Å²) in [5.41, 5.74) is 0. The van der Waals surface area contributed by atoms with Crippen LogP contribution >= 0.6 is 0 Å². The Morgan fingerprint density at radius 3 is 2.59 bits per heavy atom. The maximum Gasteiger partial charge on any atom is 0.241 e. The monoisotopic (exact) mass is 239 g/mol. The molecule has 98 valence electrons. The number of rotatable bonds is 3. The molecule has 2 aliphatic rings. The lowest BCUT2D eigenvalue weighted by Crippen LogP contribution is -2.61. The van der Waals surface area contributed by atoms with Crippen LogP contribution in [0.4, 0.5) is 0 Å². The zero-order valence-corrected chi connectivity index (χ0v) is 11.1. The lowest BCUT2D eigenvalue weighted by molar-refractivity contribution is -0.144. The summed E-state index contributed by atoms with van der Waals surface area (Å²) in [7, 11) is 3.97. The molecule has 1 amide bonds. The highest BCUT2D eigenvalue weighted by molar-refractivity contribution is 5.83. The predicted octanol–water partition coefficient (Wildman–Crippen LogP) is 0.681. The van der Waals surface area contributed by atoms with Crippen molar-refractivity contribution in [1.29, 1.82) is 0 Å². The Morgan fingerprint density at radius 2 is 1.94 bits per heavy atom. The van der Waals surface area contributed by atoms with E-state index in [-0.39, 0.29) is 6.04 Å². The molecule has 4 heteroatoms. The number of carbonyl (C=O) groups is 1. The highest BCUT2D eigenvalue weighted by atomic mass is 16.2. The van der Waals surface area contributed by atoms with Gasteiger partial charge in [0, 0.05) is 25.7 Å². The fourth-order valence-electron chi connectivity index (χ4n) is 3.10. The molecule has 4 nitrogen and oxygen atoms in total. The number of likely N-dealkylation sites (N-methyl/N-ethyl adjacent to an activating group) is 2. The largest absolute Gasteiger partial charge is 0.337 e. The summed E-state index contributed by atoms with van der Waals surface area (Å²) >= 11 is 0. The molecule has 1 atom stereocenters. The van der Waals surface area contributed by atoms with Crippen LogP contribution in [0.2, 0.25) is 0 Å². The van der Waals surface area contributed by atoms with Crippen LogP contribution in [0.15, 0.2) is 0 Å². The maximum atomic E-state index is 12.5. The summed E-state index contributed by atoms with van der Waals surface area (Å²) in [6, 6.07) is 0.556. The molecule has 17 heavy (non-hydrogen) atoms. The van der Waals surface area contributed by atoms with Crippen molar-refractivity contribution in [3.63, 3.8) is 0 Å². The Labute approximate surface area is 104 Å². The van der Waals surface area contributed by atoms with Gasteiger partial charge < -0.3 is 10.2 Å². The van der Waals surface area contributed by atoms with Crippen LogP contribution in [0, 0.1) is 0 Å². The minimum Gasteiger partial charge on any atom is -0.337 e. The van der Waals surface area contributed by atoms with Crippen LogP contribution in [0.25, 0.3) is 0 Å². The van der Waals surface area contributed by atoms with E-state index in [2.05, 4.69) is 22.2 Å². The number of hydrogen-bond donors (Lipinski definition) is 1. The van der Waals surface area contributed by atoms with Crippen molar-refractivity contribution < 1.29 is 4.79 Å². The molecule has 1 saturated carbocycles. The Balaban J connectivity index is 2.00. The van der Waals surface area contributed by atoms with Crippen LogP contribution in [0.1, 0.15) is 32.1 Å². The highest BCUT2D eigenvalue weighted by Gasteiger charge is 2.35. The van der Waals surface area contributed by atoms with E-state index < -0.39 is 0 Å². The third kappa shape index (κ3) is 2.80. The van der Waals surface area contributed by atoms with Crippen molar-refractivity contribution in [3.8, 4) is 0 Å². The van der Waals surface area contributed by atoms with Crippen LogP contribution in [0.3, 0.4) is 0 Å². The van der Waals surface area contributed by atoms with E-state index >= 15 is 0 Å². The second kappa shape index (κ2) is 5.83. The van der Waals surface area contributed by atoms with E-state index in [9.17, 15) is 4.79 Å². The molecule has 0 aromatic rings. The van der Waals surface area contributed by atoms with Gasteiger partial charge in [-0.05, 0) is 26.9 Å². The van der Waals surface area contributed by atoms with Gasteiger partial charge in [0.05, 0.1) is 0 Å². The standard InChI is InChI=1S/C13H25N3O/c1-14-10-12-13(17)16(9-8-15(12)2)11-6-4-3-5-7-11/h11-12,14H,3-10H2,1-2H3. The van der Waals surface area contributed by atoms with Crippen molar-refractivity contribution in [2.75, 3.05) is 33.7 Å². The summed E-state index contributed by atoms with van der Waals surface area (Å²) in [6.07, 6.45) is 6.35. The Morgan fingerprint density at radius 1 is 1.24 bits per heavy atom. The van der Waals surface area contributed by atoms with Gasteiger partial charge in [0.15, 0.2) is 0 Å². The number of nitrogens with zero attached hydrogens (tertiary/aromatic N) is 2. The smallest absolute Gasteiger partial charge is 0.241 e. The van der Waals surface area contributed by atoms with Gasteiger partial charge in [-0.25, -0.2) is 0 Å². The zero-order chi connectivity index (χ0) is 12.3. The SMILES string of the molecule is CNCC1C(=O)N(C2CCCCC2)CCN1C. The van der Waals surface area contributed by atoms with E-state index in [0.29, 0.717) is 11.9 Å². The summed E-state index contributed by atoms with van der Waals surface area (Å²) in [5, 5.41) is 3.13. The van der Waals surface area contributed by atoms with Gasteiger partial charge in [0.25, 0.3) is 0 Å². The van der Waals surface area contributed by atoms with Crippen molar-refractivity contribution in [1.82, 2.24) is 15.1 Å². The molecule has 1 unspecified atom stereocenters. The first-order valence-corrected chi connectivity index (χ1v) is 6.89. The first-order valence-electron chi connectivity index (χ1n) is 6.89. The minimum absolute atomic E-state index is 0.0377. The topological polar surface area (TPSA) is 35.6 Å².